The van der Waals surface area contributed by atoms with Crippen LogP contribution in [-0.2, 0) is 0 Å². The molecule has 0 aromatic heterocycles. The van der Waals surface area contributed by atoms with Gasteiger partial charge in [0.2, 0.25) is 0 Å². The summed E-state index contributed by atoms with van der Waals surface area (Å²) in [7, 11) is 0. The smallest absolute Gasteiger partial charge is 0.0161 e. The highest BCUT2D eigenvalue weighted by atomic mass is 14.9. The Kier molecular flexibility index (Phi) is 7.04. The van der Waals surface area contributed by atoms with Crippen LogP contribution in [0.2, 0.25) is 0 Å². The Morgan fingerprint density at radius 2 is 1.61 bits per heavy atom. The molecule has 0 bridgehead atoms. The quantitative estimate of drug-likeness (QED) is 0.708. The average molecular weight is 247 g/mol. The average Bonchev–Trinajstić information content (AvgIpc) is 2.43. The summed E-state index contributed by atoms with van der Waals surface area (Å²) in [6.07, 6.45) is 3.72. The van der Waals surface area contributed by atoms with Gasteiger partial charge < -0.3 is 5.32 Å². The lowest BCUT2D eigenvalue weighted by Crippen LogP contribution is -2.40. The summed E-state index contributed by atoms with van der Waals surface area (Å²) >= 11 is 0. The molecule has 0 heterocycles. The lowest BCUT2D eigenvalue weighted by atomic mass is 9.82. The highest BCUT2D eigenvalue weighted by Gasteiger charge is 2.24. The summed E-state index contributed by atoms with van der Waals surface area (Å²) in [6, 6.07) is 11.5. The Bertz CT molecular complexity index is 303. The van der Waals surface area contributed by atoms with Crippen molar-refractivity contribution in [1.29, 1.82) is 0 Å². The van der Waals surface area contributed by atoms with Crippen molar-refractivity contribution in [3.8, 4) is 0 Å². The second-order valence-electron chi connectivity index (χ2n) is 5.26. The number of nitrogens with one attached hydrogen (secondary N) is 1. The van der Waals surface area contributed by atoms with Crippen molar-refractivity contribution in [1.82, 2.24) is 5.32 Å². The molecule has 1 aromatic rings. The highest BCUT2D eigenvalue weighted by molar-refractivity contribution is 5.20. The van der Waals surface area contributed by atoms with E-state index >= 15 is 0 Å². The first-order valence-electron chi connectivity index (χ1n) is 7.52. The van der Waals surface area contributed by atoms with Crippen molar-refractivity contribution in [2.75, 3.05) is 6.54 Å². The van der Waals surface area contributed by atoms with Gasteiger partial charge in [-0.25, -0.2) is 0 Å². The molecule has 2 atom stereocenters. The van der Waals surface area contributed by atoms with E-state index in [1.165, 1.54) is 24.8 Å². The Hall–Kier alpha value is -0.820. The standard InChI is InChI=1S/C17H29N/c1-5-13-18-17(15(6-2)7-3)14(4)16-11-9-8-10-12-16/h8-12,14-15,17-18H,5-7,13H2,1-4H3. The molecule has 0 radical (unpaired) electrons. The van der Waals surface area contributed by atoms with Crippen molar-refractivity contribution in [3.05, 3.63) is 35.9 Å². The van der Waals surface area contributed by atoms with Gasteiger partial charge in [-0.2, -0.15) is 0 Å². The fourth-order valence-corrected chi connectivity index (χ4v) is 2.82. The van der Waals surface area contributed by atoms with Crippen LogP contribution in [0.15, 0.2) is 30.3 Å². The lowest BCUT2D eigenvalue weighted by molar-refractivity contribution is 0.299. The Balaban J connectivity index is 2.81. The fraction of sp³-hybridized carbons (Fsp3) is 0.647. The van der Waals surface area contributed by atoms with Gasteiger partial charge in [0.15, 0.2) is 0 Å². The molecule has 0 aliphatic rings. The summed E-state index contributed by atoms with van der Waals surface area (Å²) < 4.78 is 0. The van der Waals surface area contributed by atoms with E-state index in [1.54, 1.807) is 0 Å². The van der Waals surface area contributed by atoms with Crippen LogP contribution >= 0.6 is 0 Å². The molecule has 1 rings (SSSR count). The first-order valence-corrected chi connectivity index (χ1v) is 7.52. The predicted octanol–water partition coefficient (Wildman–Crippen LogP) is 4.59. The molecule has 0 amide bonds. The molecule has 0 aliphatic carbocycles. The number of hydrogen-bond donors (Lipinski definition) is 1. The molecule has 102 valence electrons. The molecule has 18 heavy (non-hydrogen) atoms. The maximum atomic E-state index is 3.77. The van der Waals surface area contributed by atoms with E-state index in [9.17, 15) is 0 Å². The minimum Gasteiger partial charge on any atom is -0.313 e. The summed E-state index contributed by atoms with van der Waals surface area (Å²) in [5.74, 6) is 1.36. The minimum atomic E-state index is 0.586. The molecule has 1 nitrogen and oxygen atoms in total. The molecule has 0 saturated carbocycles. The van der Waals surface area contributed by atoms with E-state index in [1.807, 2.05) is 0 Å². The van der Waals surface area contributed by atoms with Crippen molar-refractivity contribution in [2.45, 2.75) is 58.9 Å². The van der Waals surface area contributed by atoms with Gasteiger partial charge in [-0.1, -0.05) is 70.9 Å². The third-order valence-electron chi connectivity index (χ3n) is 4.05. The molecule has 1 heteroatoms. The maximum Gasteiger partial charge on any atom is 0.0161 e. The maximum absolute atomic E-state index is 3.77. The number of hydrogen-bond acceptors (Lipinski definition) is 1. The van der Waals surface area contributed by atoms with Crippen LogP contribution in [0.25, 0.3) is 0 Å². The van der Waals surface area contributed by atoms with Crippen molar-refractivity contribution >= 4 is 0 Å². The van der Waals surface area contributed by atoms with Gasteiger partial charge in [0, 0.05) is 6.04 Å². The Morgan fingerprint density at radius 1 is 1.00 bits per heavy atom. The van der Waals surface area contributed by atoms with E-state index in [-0.39, 0.29) is 0 Å². The van der Waals surface area contributed by atoms with Crippen LogP contribution in [0.1, 0.15) is 58.4 Å². The second-order valence-corrected chi connectivity index (χ2v) is 5.26. The van der Waals surface area contributed by atoms with Crippen molar-refractivity contribution < 1.29 is 0 Å². The number of rotatable bonds is 8. The van der Waals surface area contributed by atoms with Gasteiger partial charge in [0.05, 0.1) is 0 Å². The predicted molar refractivity (Wildman–Crippen MR) is 81.0 cm³/mol. The van der Waals surface area contributed by atoms with E-state index in [4.69, 9.17) is 0 Å². The number of benzene rings is 1. The molecule has 1 N–H and O–H groups in total. The molecule has 1 aromatic carbocycles. The van der Waals surface area contributed by atoms with Crippen LogP contribution in [0, 0.1) is 5.92 Å². The van der Waals surface area contributed by atoms with E-state index < -0.39 is 0 Å². The van der Waals surface area contributed by atoms with Gasteiger partial charge in [-0.3, -0.25) is 0 Å². The molecular weight excluding hydrogens is 218 g/mol. The zero-order valence-electron chi connectivity index (χ0n) is 12.4. The van der Waals surface area contributed by atoms with E-state index in [2.05, 4.69) is 63.3 Å². The molecular formula is C17H29N. The summed E-state index contributed by atoms with van der Waals surface area (Å²) in [5.41, 5.74) is 1.46. The van der Waals surface area contributed by atoms with Crippen LogP contribution in [0.3, 0.4) is 0 Å². The normalized spacial score (nSPS) is 14.7. The van der Waals surface area contributed by atoms with Crippen LogP contribution in [-0.4, -0.2) is 12.6 Å². The van der Waals surface area contributed by atoms with Gasteiger partial charge in [0.25, 0.3) is 0 Å². The largest absolute Gasteiger partial charge is 0.313 e. The van der Waals surface area contributed by atoms with Gasteiger partial charge >= 0.3 is 0 Å². The summed E-state index contributed by atoms with van der Waals surface area (Å²) in [5, 5.41) is 3.77. The Morgan fingerprint density at radius 3 is 2.11 bits per heavy atom. The third-order valence-corrected chi connectivity index (χ3v) is 4.05. The van der Waals surface area contributed by atoms with E-state index in [0.29, 0.717) is 12.0 Å². The van der Waals surface area contributed by atoms with Gasteiger partial charge in [0.1, 0.15) is 0 Å². The molecule has 0 fully saturated rings. The van der Waals surface area contributed by atoms with Crippen LogP contribution < -0.4 is 5.32 Å². The summed E-state index contributed by atoms with van der Waals surface area (Å²) in [4.78, 5) is 0. The van der Waals surface area contributed by atoms with E-state index in [0.717, 1.165) is 12.5 Å². The monoisotopic (exact) mass is 247 g/mol. The molecule has 0 aliphatic heterocycles. The van der Waals surface area contributed by atoms with Crippen molar-refractivity contribution in [2.24, 2.45) is 5.92 Å². The zero-order chi connectivity index (χ0) is 13.4. The van der Waals surface area contributed by atoms with Crippen LogP contribution in [0.5, 0.6) is 0 Å². The SMILES string of the molecule is CCCNC(C(CC)CC)C(C)c1ccccc1. The van der Waals surface area contributed by atoms with Gasteiger partial charge in [-0.05, 0) is 30.4 Å². The summed E-state index contributed by atoms with van der Waals surface area (Å²) in [6.45, 7) is 10.3. The molecule has 0 saturated heterocycles. The van der Waals surface area contributed by atoms with Crippen LogP contribution in [0.4, 0.5) is 0 Å². The molecule has 2 unspecified atom stereocenters. The third kappa shape index (κ3) is 4.13. The zero-order valence-corrected chi connectivity index (χ0v) is 12.4. The Labute approximate surface area is 113 Å². The topological polar surface area (TPSA) is 12.0 Å². The van der Waals surface area contributed by atoms with Crippen molar-refractivity contribution in [3.63, 3.8) is 0 Å². The fourth-order valence-electron chi connectivity index (χ4n) is 2.82. The highest BCUT2D eigenvalue weighted by Crippen LogP contribution is 2.27. The molecule has 0 spiro atoms. The second kappa shape index (κ2) is 8.31. The minimum absolute atomic E-state index is 0.586. The first kappa shape index (κ1) is 15.2. The van der Waals surface area contributed by atoms with Gasteiger partial charge in [-0.15, -0.1) is 0 Å². The lowest BCUT2D eigenvalue weighted by Gasteiger charge is -2.32. The first-order chi connectivity index (χ1) is 8.74.